The summed E-state index contributed by atoms with van der Waals surface area (Å²) >= 11 is 0. The van der Waals surface area contributed by atoms with Crippen LogP contribution in [0, 0.1) is 0 Å². The van der Waals surface area contributed by atoms with Gasteiger partial charge in [-0.3, -0.25) is 0 Å². The molecule has 0 aromatic heterocycles. The highest BCUT2D eigenvalue weighted by molar-refractivity contribution is 5.50. The van der Waals surface area contributed by atoms with E-state index in [1.165, 1.54) is 0 Å². The molecule has 76 valence electrons. The molecule has 1 aliphatic rings. The van der Waals surface area contributed by atoms with Crippen LogP contribution >= 0.6 is 0 Å². The van der Waals surface area contributed by atoms with Crippen LogP contribution in [0.5, 0.6) is 5.75 Å². The molecule has 1 unspecified atom stereocenters. The van der Waals surface area contributed by atoms with Crippen molar-refractivity contribution in [2.24, 2.45) is 0 Å². The Bertz CT molecular complexity index is 319. The van der Waals surface area contributed by atoms with Gasteiger partial charge >= 0.3 is 0 Å². The highest BCUT2D eigenvalue weighted by Crippen LogP contribution is 2.23. The van der Waals surface area contributed by atoms with E-state index in [4.69, 9.17) is 10.5 Å². The first kappa shape index (κ1) is 9.34. The van der Waals surface area contributed by atoms with Crippen molar-refractivity contribution in [1.29, 1.82) is 0 Å². The standard InChI is InChI=1S/C11H15NO2/c12-11-4-3-9(13)6-8(11)7-10-2-1-5-14-10/h3-4,6,10,13H,1-2,5,7,12H2. The maximum atomic E-state index is 9.32. The number of hydrogen-bond acceptors (Lipinski definition) is 3. The van der Waals surface area contributed by atoms with Crippen molar-refractivity contribution in [2.45, 2.75) is 25.4 Å². The molecule has 1 saturated heterocycles. The smallest absolute Gasteiger partial charge is 0.116 e. The van der Waals surface area contributed by atoms with Gasteiger partial charge in [0, 0.05) is 18.7 Å². The summed E-state index contributed by atoms with van der Waals surface area (Å²) in [4.78, 5) is 0. The molecule has 1 heterocycles. The average molecular weight is 193 g/mol. The summed E-state index contributed by atoms with van der Waals surface area (Å²) in [5.41, 5.74) is 7.52. The molecule has 0 bridgehead atoms. The summed E-state index contributed by atoms with van der Waals surface area (Å²) in [6.45, 7) is 0.851. The van der Waals surface area contributed by atoms with Gasteiger partial charge in [-0.05, 0) is 36.6 Å². The molecule has 1 aromatic rings. The van der Waals surface area contributed by atoms with Crippen molar-refractivity contribution < 1.29 is 9.84 Å². The van der Waals surface area contributed by atoms with Crippen molar-refractivity contribution in [1.82, 2.24) is 0 Å². The van der Waals surface area contributed by atoms with E-state index in [1.54, 1.807) is 18.2 Å². The third-order valence-corrected chi connectivity index (χ3v) is 2.60. The van der Waals surface area contributed by atoms with Crippen LogP contribution in [-0.4, -0.2) is 17.8 Å². The predicted molar refractivity (Wildman–Crippen MR) is 55.2 cm³/mol. The predicted octanol–water partition coefficient (Wildman–Crippen LogP) is 1.70. The Morgan fingerprint density at radius 1 is 1.50 bits per heavy atom. The minimum absolute atomic E-state index is 0.271. The number of rotatable bonds is 2. The fourth-order valence-corrected chi connectivity index (χ4v) is 1.82. The summed E-state index contributed by atoms with van der Waals surface area (Å²) < 4.78 is 5.51. The van der Waals surface area contributed by atoms with Gasteiger partial charge < -0.3 is 15.6 Å². The van der Waals surface area contributed by atoms with Crippen molar-refractivity contribution in [3.63, 3.8) is 0 Å². The number of phenolic OH excluding ortho intramolecular Hbond substituents is 1. The number of benzene rings is 1. The van der Waals surface area contributed by atoms with Gasteiger partial charge in [-0.25, -0.2) is 0 Å². The quantitative estimate of drug-likeness (QED) is 0.555. The summed E-state index contributed by atoms with van der Waals surface area (Å²) in [6, 6.07) is 5.06. The third-order valence-electron chi connectivity index (χ3n) is 2.60. The zero-order valence-electron chi connectivity index (χ0n) is 8.07. The van der Waals surface area contributed by atoms with Crippen LogP contribution < -0.4 is 5.73 Å². The van der Waals surface area contributed by atoms with E-state index in [0.717, 1.165) is 37.1 Å². The molecule has 0 spiro atoms. The summed E-state index contributed by atoms with van der Waals surface area (Å²) in [5, 5.41) is 9.32. The number of aromatic hydroxyl groups is 1. The molecule has 1 atom stereocenters. The fourth-order valence-electron chi connectivity index (χ4n) is 1.82. The fraction of sp³-hybridized carbons (Fsp3) is 0.455. The van der Waals surface area contributed by atoms with Gasteiger partial charge in [-0.15, -0.1) is 0 Å². The second-order valence-corrected chi connectivity index (χ2v) is 3.72. The first-order valence-electron chi connectivity index (χ1n) is 4.94. The lowest BCUT2D eigenvalue weighted by molar-refractivity contribution is 0.111. The molecule has 3 heteroatoms. The van der Waals surface area contributed by atoms with Gasteiger partial charge in [0.1, 0.15) is 5.75 Å². The van der Waals surface area contributed by atoms with Crippen LogP contribution in [0.1, 0.15) is 18.4 Å². The highest BCUT2D eigenvalue weighted by atomic mass is 16.5. The Morgan fingerprint density at radius 2 is 2.36 bits per heavy atom. The lowest BCUT2D eigenvalue weighted by Crippen LogP contribution is -2.10. The zero-order chi connectivity index (χ0) is 9.97. The first-order chi connectivity index (χ1) is 6.75. The summed E-state index contributed by atoms with van der Waals surface area (Å²) in [6.07, 6.45) is 3.30. The van der Waals surface area contributed by atoms with E-state index < -0.39 is 0 Å². The number of anilines is 1. The molecule has 1 aliphatic heterocycles. The molecule has 14 heavy (non-hydrogen) atoms. The van der Waals surface area contributed by atoms with Gasteiger partial charge in [-0.1, -0.05) is 0 Å². The van der Waals surface area contributed by atoms with Gasteiger partial charge in [0.05, 0.1) is 6.10 Å². The molecule has 1 aromatic carbocycles. The number of nitrogen functional groups attached to an aromatic ring is 1. The van der Waals surface area contributed by atoms with Crippen LogP contribution in [0.4, 0.5) is 5.69 Å². The largest absolute Gasteiger partial charge is 0.508 e. The second kappa shape index (κ2) is 3.88. The first-order valence-corrected chi connectivity index (χ1v) is 4.94. The Balaban J connectivity index is 2.10. The van der Waals surface area contributed by atoms with Gasteiger partial charge in [0.2, 0.25) is 0 Å². The number of hydrogen-bond donors (Lipinski definition) is 2. The zero-order valence-corrected chi connectivity index (χ0v) is 8.07. The SMILES string of the molecule is Nc1ccc(O)cc1CC1CCCO1. The maximum Gasteiger partial charge on any atom is 0.116 e. The summed E-state index contributed by atoms with van der Waals surface area (Å²) in [5.74, 6) is 0.271. The normalized spacial score (nSPS) is 21.3. The van der Waals surface area contributed by atoms with Gasteiger partial charge in [-0.2, -0.15) is 0 Å². The Hall–Kier alpha value is -1.22. The van der Waals surface area contributed by atoms with Crippen molar-refractivity contribution in [3.8, 4) is 5.75 Å². The molecule has 3 nitrogen and oxygen atoms in total. The van der Waals surface area contributed by atoms with Crippen molar-refractivity contribution in [2.75, 3.05) is 12.3 Å². The molecule has 0 saturated carbocycles. The number of phenols is 1. The monoisotopic (exact) mass is 193 g/mol. The van der Waals surface area contributed by atoms with Crippen LogP contribution in [-0.2, 0) is 11.2 Å². The minimum atomic E-state index is 0.271. The van der Waals surface area contributed by atoms with Crippen LogP contribution in [0.15, 0.2) is 18.2 Å². The molecule has 3 N–H and O–H groups in total. The average Bonchev–Trinajstić information content (AvgIpc) is 2.64. The minimum Gasteiger partial charge on any atom is -0.508 e. The van der Waals surface area contributed by atoms with E-state index >= 15 is 0 Å². The number of nitrogens with two attached hydrogens (primary N) is 1. The third kappa shape index (κ3) is 1.99. The molecule has 2 rings (SSSR count). The van der Waals surface area contributed by atoms with Crippen LogP contribution in [0.3, 0.4) is 0 Å². The van der Waals surface area contributed by atoms with Crippen LogP contribution in [0.25, 0.3) is 0 Å². The molecule has 0 aliphatic carbocycles. The van der Waals surface area contributed by atoms with Gasteiger partial charge in [0.25, 0.3) is 0 Å². The van der Waals surface area contributed by atoms with E-state index in [2.05, 4.69) is 0 Å². The lowest BCUT2D eigenvalue weighted by Gasteiger charge is -2.11. The maximum absolute atomic E-state index is 9.32. The molecule has 0 radical (unpaired) electrons. The molecular formula is C11H15NO2. The van der Waals surface area contributed by atoms with E-state index in [1.807, 2.05) is 0 Å². The Morgan fingerprint density at radius 3 is 3.07 bits per heavy atom. The lowest BCUT2D eigenvalue weighted by atomic mass is 10.0. The molecule has 1 fully saturated rings. The number of ether oxygens (including phenoxy) is 1. The van der Waals surface area contributed by atoms with Crippen molar-refractivity contribution >= 4 is 5.69 Å². The summed E-state index contributed by atoms with van der Waals surface area (Å²) in [7, 11) is 0. The van der Waals surface area contributed by atoms with E-state index in [0.29, 0.717) is 0 Å². The topological polar surface area (TPSA) is 55.5 Å². The van der Waals surface area contributed by atoms with E-state index in [9.17, 15) is 5.11 Å². The van der Waals surface area contributed by atoms with Crippen LogP contribution in [0.2, 0.25) is 0 Å². The van der Waals surface area contributed by atoms with Crippen molar-refractivity contribution in [3.05, 3.63) is 23.8 Å². The molecular weight excluding hydrogens is 178 g/mol. The second-order valence-electron chi connectivity index (χ2n) is 3.72. The Kier molecular flexibility index (Phi) is 2.59. The van der Waals surface area contributed by atoms with E-state index in [-0.39, 0.29) is 11.9 Å². The van der Waals surface area contributed by atoms with Gasteiger partial charge in [0.15, 0.2) is 0 Å². The Labute approximate surface area is 83.5 Å². The molecule has 0 amide bonds. The highest BCUT2D eigenvalue weighted by Gasteiger charge is 2.17.